The van der Waals surface area contributed by atoms with Gasteiger partial charge in [-0.2, -0.15) is 0 Å². The largest absolute Gasteiger partial charge is 0.478 e. The van der Waals surface area contributed by atoms with Crippen molar-refractivity contribution in [2.45, 2.75) is 19.5 Å². The van der Waals surface area contributed by atoms with Crippen molar-refractivity contribution in [2.75, 3.05) is 6.73 Å². The zero-order valence-electron chi connectivity index (χ0n) is 16.5. The minimum absolute atomic E-state index is 0.0328. The van der Waals surface area contributed by atoms with Gasteiger partial charge < -0.3 is 9.15 Å². The molecule has 0 radical (unpaired) electrons. The molecule has 1 aliphatic rings. The molecule has 5 heteroatoms. The van der Waals surface area contributed by atoms with Crippen LogP contribution in [0.1, 0.15) is 24.1 Å². The molecule has 0 amide bonds. The summed E-state index contributed by atoms with van der Waals surface area (Å²) in [5.74, 6) is 0.776. The van der Waals surface area contributed by atoms with Gasteiger partial charge in [-0.1, -0.05) is 58.4 Å². The van der Waals surface area contributed by atoms with Crippen molar-refractivity contribution in [2.24, 2.45) is 0 Å². The SMILES string of the molecule is CC(c1ccccc1)N1COc2ccc3c(=O)c(-c4ccc(Br)cc4)coc3c2C1. The Morgan fingerprint density at radius 2 is 1.77 bits per heavy atom. The van der Waals surface area contributed by atoms with E-state index in [-0.39, 0.29) is 11.5 Å². The third kappa shape index (κ3) is 3.34. The van der Waals surface area contributed by atoms with Crippen molar-refractivity contribution < 1.29 is 9.15 Å². The minimum atomic E-state index is -0.0328. The van der Waals surface area contributed by atoms with Gasteiger partial charge >= 0.3 is 0 Å². The van der Waals surface area contributed by atoms with Crippen molar-refractivity contribution in [3.63, 3.8) is 0 Å². The highest BCUT2D eigenvalue weighted by molar-refractivity contribution is 9.10. The predicted octanol–water partition coefficient (Wildman–Crippen LogP) is 6.14. The van der Waals surface area contributed by atoms with Gasteiger partial charge in [0.15, 0.2) is 0 Å². The number of fused-ring (bicyclic) bond motifs is 3. The third-order valence-electron chi connectivity index (χ3n) is 5.73. The summed E-state index contributed by atoms with van der Waals surface area (Å²) >= 11 is 3.43. The van der Waals surface area contributed by atoms with Crippen LogP contribution in [0.3, 0.4) is 0 Å². The number of rotatable bonds is 3. The van der Waals surface area contributed by atoms with Crippen molar-refractivity contribution in [3.8, 4) is 16.9 Å². The Balaban J connectivity index is 1.55. The van der Waals surface area contributed by atoms with E-state index in [1.54, 1.807) is 12.3 Å². The molecule has 1 atom stereocenters. The van der Waals surface area contributed by atoms with E-state index >= 15 is 0 Å². The van der Waals surface area contributed by atoms with Crippen LogP contribution in [-0.2, 0) is 6.54 Å². The number of ether oxygens (including phenoxy) is 1. The maximum Gasteiger partial charge on any atom is 0.200 e. The highest BCUT2D eigenvalue weighted by atomic mass is 79.9. The van der Waals surface area contributed by atoms with Crippen molar-refractivity contribution >= 4 is 26.9 Å². The van der Waals surface area contributed by atoms with Crippen molar-refractivity contribution in [1.29, 1.82) is 0 Å². The van der Waals surface area contributed by atoms with E-state index in [0.29, 0.717) is 29.8 Å². The van der Waals surface area contributed by atoms with Gasteiger partial charge in [0.2, 0.25) is 5.43 Å². The Morgan fingerprint density at radius 1 is 1.00 bits per heavy atom. The second-order valence-electron chi connectivity index (χ2n) is 7.51. The predicted molar refractivity (Wildman–Crippen MR) is 122 cm³/mol. The molecule has 0 spiro atoms. The molecule has 1 aliphatic heterocycles. The Bertz CT molecular complexity index is 1270. The number of hydrogen-bond donors (Lipinski definition) is 0. The Hall–Kier alpha value is -2.89. The summed E-state index contributed by atoms with van der Waals surface area (Å²) in [4.78, 5) is 15.4. The molecule has 150 valence electrons. The molecule has 4 aromatic rings. The fraction of sp³-hybridized carbons (Fsp3) is 0.160. The van der Waals surface area contributed by atoms with Gasteiger partial charge in [-0.15, -0.1) is 0 Å². The number of nitrogens with zero attached hydrogens (tertiary/aromatic N) is 1. The van der Waals surface area contributed by atoms with Crippen LogP contribution in [0.4, 0.5) is 0 Å². The molecule has 0 bridgehead atoms. The summed E-state index contributed by atoms with van der Waals surface area (Å²) in [5, 5.41) is 0.576. The molecule has 30 heavy (non-hydrogen) atoms. The lowest BCUT2D eigenvalue weighted by atomic mass is 10.0. The molecule has 5 rings (SSSR count). The molecule has 1 unspecified atom stereocenters. The average molecular weight is 462 g/mol. The van der Waals surface area contributed by atoms with Crippen molar-refractivity contribution in [3.05, 3.63) is 98.8 Å². The molecule has 0 saturated heterocycles. The highest BCUT2D eigenvalue weighted by Crippen LogP contribution is 2.35. The minimum Gasteiger partial charge on any atom is -0.478 e. The normalized spacial score (nSPS) is 14.9. The first-order valence-electron chi connectivity index (χ1n) is 9.87. The fourth-order valence-corrected chi connectivity index (χ4v) is 4.21. The zero-order valence-corrected chi connectivity index (χ0v) is 18.1. The van der Waals surface area contributed by atoms with Gasteiger partial charge in [-0.3, -0.25) is 9.69 Å². The van der Waals surface area contributed by atoms with E-state index in [4.69, 9.17) is 9.15 Å². The zero-order chi connectivity index (χ0) is 20.7. The molecule has 1 aromatic heterocycles. The first kappa shape index (κ1) is 19.1. The Labute approximate surface area is 182 Å². The molecular formula is C25H20BrNO3. The first-order chi connectivity index (χ1) is 14.6. The maximum absolute atomic E-state index is 13.2. The molecule has 0 saturated carbocycles. The van der Waals surface area contributed by atoms with Gasteiger partial charge in [-0.25, -0.2) is 0 Å². The van der Waals surface area contributed by atoms with E-state index < -0.39 is 0 Å². The van der Waals surface area contributed by atoms with Gasteiger partial charge in [0, 0.05) is 17.1 Å². The molecule has 3 aromatic carbocycles. The van der Waals surface area contributed by atoms with Crippen LogP contribution >= 0.6 is 15.9 Å². The number of hydrogen-bond acceptors (Lipinski definition) is 4. The standard InChI is InChI=1S/C25H20BrNO3/c1-16(17-5-3-2-4-6-17)27-13-21-23(30-15-27)12-11-20-24(28)22(14-29-25(20)21)18-7-9-19(26)10-8-18/h2-12,14,16H,13,15H2,1H3. The van der Waals surface area contributed by atoms with E-state index in [0.717, 1.165) is 21.3 Å². The lowest BCUT2D eigenvalue weighted by Crippen LogP contribution is -2.34. The average Bonchev–Trinajstić information content (AvgIpc) is 2.79. The van der Waals surface area contributed by atoms with Crippen LogP contribution in [0.5, 0.6) is 5.75 Å². The quantitative estimate of drug-likeness (QED) is 0.367. The van der Waals surface area contributed by atoms with Crippen LogP contribution in [0.2, 0.25) is 0 Å². The number of benzene rings is 3. The van der Waals surface area contributed by atoms with Crippen molar-refractivity contribution in [1.82, 2.24) is 4.90 Å². The Kier molecular flexibility index (Phi) is 4.93. The van der Waals surface area contributed by atoms with Crippen LogP contribution in [0.15, 0.2) is 86.7 Å². The lowest BCUT2D eigenvalue weighted by Gasteiger charge is -2.34. The molecule has 0 aliphatic carbocycles. The summed E-state index contributed by atoms with van der Waals surface area (Å²) in [6, 6.07) is 21.9. The lowest BCUT2D eigenvalue weighted by molar-refractivity contribution is 0.0620. The van der Waals surface area contributed by atoms with Crippen LogP contribution in [-0.4, -0.2) is 11.6 Å². The molecular weight excluding hydrogens is 442 g/mol. The maximum atomic E-state index is 13.2. The monoisotopic (exact) mass is 461 g/mol. The summed E-state index contributed by atoms with van der Waals surface area (Å²) < 4.78 is 13.0. The van der Waals surface area contributed by atoms with E-state index in [2.05, 4.69) is 39.9 Å². The van der Waals surface area contributed by atoms with Crippen LogP contribution in [0.25, 0.3) is 22.1 Å². The van der Waals surface area contributed by atoms with E-state index in [1.165, 1.54) is 5.56 Å². The molecule has 4 nitrogen and oxygen atoms in total. The summed E-state index contributed by atoms with van der Waals surface area (Å²) in [6.45, 7) is 3.32. The number of halogens is 1. The second kappa shape index (κ2) is 7.74. The van der Waals surface area contributed by atoms with Crippen LogP contribution < -0.4 is 10.2 Å². The second-order valence-corrected chi connectivity index (χ2v) is 8.43. The smallest absolute Gasteiger partial charge is 0.200 e. The van der Waals surface area contributed by atoms with Gasteiger partial charge in [0.25, 0.3) is 0 Å². The highest BCUT2D eigenvalue weighted by Gasteiger charge is 2.26. The summed E-state index contributed by atoms with van der Waals surface area (Å²) in [5.41, 5.74) is 4.10. The molecule has 2 heterocycles. The van der Waals surface area contributed by atoms with Gasteiger partial charge in [0.1, 0.15) is 24.3 Å². The van der Waals surface area contributed by atoms with E-state index in [9.17, 15) is 4.79 Å². The first-order valence-corrected chi connectivity index (χ1v) is 10.7. The van der Waals surface area contributed by atoms with Gasteiger partial charge in [0.05, 0.1) is 16.5 Å². The topological polar surface area (TPSA) is 42.7 Å². The molecule has 0 N–H and O–H groups in total. The summed E-state index contributed by atoms with van der Waals surface area (Å²) in [7, 11) is 0. The van der Waals surface area contributed by atoms with Crippen LogP contribution in [0, 0.1) is 0 Å². The fourth-order valence-electron chi connectivity index (χ4n) is 3.95. The third-order valence-corrected chi connectivity index (χ3v) is 6.26. The van der Waals surface area contributed by atoms with E-state index in [1.807, 2.05) is 48.5 Å². The summed E-state index contributed by atoms with van der Waals surface area (Å²) in [6.07, 6.45) is 1.56. The molecule has 0 fully saturated rings. The Morgan fingerprint density at radius 3 is 2.53 bits per heavy atom. The van der Waals surface area contributed by atoms with Gasteiger partial charge in [-0.05, 0) is 42.3 Å².